The Balaban J connectivity index is 1.82. The fraction of sp³-hybridized carbons (Fsp3) is 0.235. The first kappa shape index (κ1) is 17.2. The van der Waals surface area contributed by atoms with Gasteiger partial charge in [0, 0.05) is 13.0 Å². The van der Waals surface area contributed by atoms with Crippen molar-refractivity contribution in [2.24, 2.45) is 0 Å². The maximum absolute atomic E-state index is 13.3. The molecule has 3 N–H and O–H groups in total. The van der Waals surface area contributed by atoms with Crippen molar-refractivity contribution < 1.29 is 19.4 Å². The minimum atomic E-state index is -1.02. The molecule has 122 valence electrons. The zero-order valence-corrected chi connectivity index (χ0v) is 13.1. The fourth-order valence-electron chi connectivity index (χ4n) is 2.11. The third-order valence-corrected chi connectivity index (χ3v) is 3.74. The van der Waals surface area contributed by atoms with Crippen molar-refractivity contribution in [2.45, 2.75) is 18.9 Å². The van der Waals surface area contributed by atoms with Crippen LogP contribution in [0.2, 0.25) is 5.02 Å². The van der Waals surface area contributed by atoms with Crippen molar-refractivity contribution in [3.05, 3.63) is 64.4 Å². The lowest BCUT2D eigenvalue weighted by atomic mass is 10.1. The molecule has 2 aromatic rings. The summed E-state index contributed by atoms with van der Waals surface area (Å²) in [6.07, 6.45) is -0.445. The number of phenols is 1. The summed E-state index contributed by atoms with van der Waals surface area (Å²) in [5, 5.41) is 22.1. The number of aromatic hydroxyl groups is 1. The lowest BCUT2D eigenvalue weighted by Gasteiger charge is -2.13. The number of carbonyl (C=O) groups is 1. The van der Waals surface area contributed by atoms with Gasteiger partial charge in [0.05, 0.1) is 11.1 Å². The molecular formula is C17H17ClFNO3. The van der Waals surface area contributed by atoms with E-state index in [0.717, 1.165) is 6.07 Å². The molecule has 0 aromatic heterocycles. The highest BCUT2D eigenvalue weighted by Crippen LogP contribution is 2.20. The molecule has 1 unspecified atom stereocenters. The number of aliphatic hydroxyl groups is 1. The first-order valence-corrected chi connectivity index (χ1v) is 7.51. The quantitative estimate of drug-likeness (QED) is 0.759. The van der Waals surface area contributed by atoms with Crippen LogP contribution in [0.3, 0.4) is 0 Å². The molecule has 0 fully saturated rings. The number of para-hydroxylation sites is 1. The molecule has 0 bridgehead atoms. The summed E-state index contributed by atoms with van der Waals surface area (Å²) >= 11 is 5.58. The Morgan fingerprint density at radius 2 is 2.00 bits per heavy atom. The summed E-state index contributed by atoms with van der Waals surface area (Å²) in [6, 6.07) is 10.8. The maximum Gasteiger partial charge on any atom is 0.220 e. The van der Waals surface area contributed by atoms with Gasteiger partial charge in [-0.25, -0.2) is 4.39 Å². The van der Waals surface area contributed by atoms with Crippen molar-refractivity contribution in [3.63, 3.8) is 0 Å². The highest BCUT2D eigenvalue weighted by molar-refractivity contribution is 6.30. The highest BCUT2D eigenvalue weighted by Gasteiger charge is 2.12. The fourth-order valence-corrected chi connectivity index (χ4v) is 2.22. The summed E-state index contributed by atoms with van der Waals surface area (Å²) in [6.45, 7) is -0.0271. The van der Waals surface area contributed by atoms with Gasteiger partial charge in [0.2, 0.25) is 5.91 Å². The van der Waals surface area contributed by atoms with Crippen LogP contribution in [0.1, 0.15) is 23.7 Å². The summed E-state index contributed by atoms with van der Waals surface area (Å²) < 4.78 is 13.3. The van der Waals surface area contributed by atoms with Crippen LogP contribution in [0.25, 0.3) is 0 Å². The number of nitrogens with one attached hydrogen (secondary N) is 1. The van der Waals surface area contributed by atoms with Crippen LogP contribution in [0.4, 0.5) is 4.39 Å². The molecule has 2 rings (SSSR count). The minimum absolute atomic E-state index is 0.0207. The predicted molar refractivity (Wildman–Crippen MR) is 85.8 cm³/mol. The van der Waals surface area contributed by atoms with Gasteiger partial charge in [-0.2, -0.15) is 0 Å². The molecule has 1 atom stereocenters. The van der Waals surface area contributed by atoms with Gasteiger partial charge in [0.1, 0.15) is 11.6 Å². The molecule has 0 heterocycles. The Bertz CT molecular complexity index is 693. The molecule has 0 spiro atoms. The zero-order valence-electron chi connectivity index (χ0n) is 12.3. The molecule has 1 amide bonds. The van der Waals surface area contributed by atoms with Crippen LogP contribution in [0.15, 0.2) is 42.5 Å². The average molecular weight is 338 g/mol. The maximum atomic E-state index is 13.3. The first-order valence-electron chi connectivity index (χ1n) is 7.14. The molecule has 6 heteroatoms. The molecule has 0 saturated carbocycles. The van der Waals surface area contributed by atoms with E-state index in [2.05, 4.69) is 5.32 Å². The lowest BCUT2D eigenvalue weighted by molar-refractivity contribution is -0.121. The van der Waals surface area contributed by atoms with E-state index < -0.39 is 11.9 Å². The second-order valence-electron chi connectivity index (χ2n) is 5.12. The normalized spacial score (nSPS) is 12.0. The molecule has 4 nitrogen and oxygen atoms in total. The standard InChI is InChI=1S/C17H17ClFNO3/c18-13-7-5-12(9-14(13)19)16(22)10-20-17(23)8-6-11-3-1-2-4-15(11)21/h1-5,7,9,16,21-22H,6,8,10H2,(H,20,23). The number of aryl methyl sites for hydroxylation is 1. The van der Waals surface area contributed by atoms with E-state index >= 15 is 0 Å². The zero-order chi connectivity index (χ0) is 16.8. The van der Waals surface area contributed by atoms with Crippen molar-refractivity contribution >= 4 is 17.5 Å². The third-order valence-electron chi connectivity index (χ3n) is 3.43. The van der Waals surface area contributed by atoms with Gasteiger partial charge in [0.25, 0.3) is 0 Å². The van der Waals surface area contributed by atoms with Gasteiger partial charge >= 0.3 is 0 Å². The second-order valence-corrected chi connectivity index (χ2v) is 5.53. The number of halogens is 2. The van der Waals surface area contributed by atoms with Gasteiger partial charge in [-0.1, -0.05) is 35.9 Å². The molecule has 0 radical (unpaired) electrons. The van der Waals surface area contributed by atoms with Crippen LogP contribution in [-0.2, 0) is 11.2 Å². The number of phenolic OH excluding ortho intramolecular Hbond substituents is 1. The largest absolute Gasteiger partial charge is 0.508 e. The monoisotopic (exact) mass is 337 g/mol. The van der Waals surface area contributed by atoms with E-state index in [1.807, 2.05) is 0 Å². The van der Waals surface area contributed by atoms with Gasteiger partial charge < -0.3 is 15.5 Å². The molecule has 0 aliphatic carbocycles. The molecule has 0 aliphatic rings. The number of benzene rings is 2. The molecule has 0 aliphatic heterocycles. The number of hydrogen-bond acceptors (Lipinski definition) is 3. The molecular weight excluding hydrogens is 321 g/mol. The lowest BCUT2D eigenvalue weighted by Crippen LogP contribution is -2.28. The van der Waals surface area contributed by atoms with Crippen LogP contribution < -0.4 is 5.32 Å². The number of rotatable bonds is 6. The van der Waals surface area contributed by atoms with Crippen molar-refractivity contribution in [2.75, 3.05) is 6.54 Å². The van der Waals surface area contributed by atoms with Crippen molar-refractivity contribution in [3.8, 4) is 5.75 Å². The van der Waals surface area contributed by atoms with Crippen molar-refractivity contribution in [1.82, 2.24) is 5.32 Å². The molecule has 0 saturated heterocycles. The van der Waals surface area contributed by atoms with E-state index in [1.54, 1.807) is 24.3 Å². The van der Waals surface area contributed by atoms with Crippen LogP contribution in [0, 0.1) is 5.82 Å². The van der Waals surface area contributed by atoms with Crippen LogP contribution >= 0.6 is 11.6 Å². The molecule has 2 aromatic carbocycles. The van der Waals surface area contributed by atoms with E-state index in [4.69, 9.17) is 11.6 Å². The van der Waals surface area contributed by atoms with E-state index in [9.17, 15) is 19.4 Å². The van der Waals surface area contributed by atoms with Crippen LogP contribution in [0.5, 0.6) is 5.75 Å². The second kappa shape index (κ2) is 7.94. The molecule has 23 heavy (non-hydrogen) atoms. The van der Waals surface area contributed by atoms with E-state index in [0.29, 0.717) is 17.5 Å². The van der Waals surface area contributed by atoms with Gasteiger partial charge in [0.15, 0.2) is 0 Å². The Kier molecular flexibility index (Phi) is 5.96. The predicted octanol–water partition coefficient (Wildman–Crippen LogP) is 2.97. The third kappa shape index (κ3) is 4.94. The number of aliphatic hydroxyl groups excluding tert-OH is 1. The number of carbonyl (C=O) groups excluding carboxylic acids is 1. The van der Waals surface area contributed by atoms with Crippen LogP contribution in [-0.4, -0.2) is 22.7 Å². The van der Waals surface area contributed by atoms with Gasteiger partial charge in [-0.15, -0.1) is 0 Å². The Morgan fingerprint density at radius 3 is 2.70 bits per heavy atom. The van der Waals surface area contributed by atoms with Gasteiger partial charge in [-0.3, -0.25) is 4.79 Å². The summed E-state index contributed by atoms with van der Waals surface area (Å²) in [5.74, 6) is -0.729. The summed E-state index contributed by atoms with van der Waals surface area (Å²) in [7, 11) is 0. The summed E-state index contributed by atoms with van der Waals surface area (Å²) in [5.41, 5.74) is 1.02. The van der Waals surface area contributed by atoms with Crippen molar-refractivity contribution in [1.29, 1.82) is 0 Å². The Labute approximate surface area is 138 Å². The smallest absolute Gasteiger partial charge is 0.220 e. The first-order chi connectivity index (χ1) is 11.0. The highest BCUT2D eigenvalue weighted by atomic mass is 35.5. The topological polar surface area (TPSA) is 69.6 Å². The minimum Gasteiger partial charge on any atom is -0.508 e. The number of hydrogen-bond donors (Lipinski definition) is 3. The SMILES string of the molecule is O=C(CCc1ccccc1O)NCC(O)c1ccc(Cl)c(F)c1. The summed E-state index contributed by atoms with van der Waals surface area (Å²) in [4.78, 5) is 11.8. The number of amides is 1. The average Bonchev–Trinajstić information content (AvgIpc) is 2.54. The van der Waals surface area contributed by atoms with Gasteiger partial charge in [-0.05, 0) is 35.7 Å². The van der Waals surface area contributed by atoms with E-state index in [1.165, 1.54) is 12.1 Å². The Morgan fingerprint density at radius 1 is 1.26 bits per heavy atom. The Hall–Kier alpha value is -2.11. The van der Waals surface area contributed by atoms with E-state index in [-0.39, 0.29) is 29.6 Å².